The lowest BCUT2D eigenvalue weighted by atomic mass is 10.1. The number of hydrogen-bond donors (Lipinski definition) is 1. The van der Waals surface area contributed by atoms with Crippen molar-refractivity contribution in [3.05, 3.63) is 64.8 Å². The van der Waals surface area contributed by atoms with E-state index in [2.05, 4.69) is 35.3 Å². The maximum absolute atomic E-state index is 12.2. The SMILES string of the molecule is CN(CCc1c[nH]c2cc(Cl)ccc12)Cc1cccc(OCCCF)c1. The van der Waals surface area contributed by atoms with Crippen molar-refractivity contribution < 1.29 is 9.13 Å². The van der Waals surface area contributed by atoms with E-state index in [1.54, 1.807) is 0 Å². The van der Waals surface area contributed by atoms with Crippen molar-refractivity contribution in [1.82, 2.24) is 9.88 Å². The highest BCUT2D eigenvalue weighted by atomic mass is 35.5. The van der Waals surface area contributed by atoms with Crippen LogP contribution < -0.4 is 4.74 Å². The average molecular weight is 375 g/mol. The first-order valence-electron chi connectivity index (χ1n) is 8.87. The largest absolute Gasteiger partial charge is 0.493 e. The van der Waals surface area contributed by atoms with Crippen LogP contribution in [0.3, 0.4) is 0 Å². The summed E-state index contributed by atoms with van der Waals surface area (Å²) in [5.41, 5.74) is 3.57. The Bertz CT molecular complexity index is 849. The molecule has 1 aromatic heterocycles. The van der Waals surface area contributed by atoms with Crippen LogP contribution in [-0.2, 0) is 13.0 Å². The van der Waals surface area contributed by atoms with Gasteiger partial charge in [-0.15, -0.1) is 0 Å². The lowest BCUT2D eigenvalue weighted by Crippen LogP contribution is -2.20. The molecule has 0 saturated carbocycles. The Morgan fingerprint density at radius 2 is 2.08 bits per heavy atom. The third-order valence-electron chi connectivity index (χ3n) is 4.39. The molecule has 0 bridgehead atoms. The van der Waals surface area contributed by atoms with E-state index in [-0.39, 0.29) is 6.67 Å². The average Bonchev–Trinajstić information content (AvgIpc) is 3.02. The van der Waals surface area contributed by atoms with Crippen LogP contribution in [0.1, 0.15) is 17.5 Å². The minimum atomic E-state index is -0.345. The predicted octanol–water partition coefficient (Wildman–Crippen LogP) is 5.23. The molecule has 5 heteroatoms. The number of H-pyrrole nitrogens is 1. The molecule has 0 aliphatic rings. The number of benzene rings is 2. The second-order valence-electron chi connectivity index (χ2n) is 6.53. The summed E-state index contributed by atoms with van der Waals surface area (Å²) in [4.78, 5) is 5.58. The lowest BCUT2D eigenvalue weighted by molar-refractivity contribution is 0.288. The second-order valence-corrected chi connectivity index (χ2v) is 6.97. The highest BCUT2D eigenvalue weighted by Gasteiger charge is 2.07. The number of nitrogens with one attached hydrogen (secondary N) is 1. The van der Waals surface area contributed by atoms with Crippen molar-refractivity contribution >= 4 is 22.5 Å². The molecule has 0 unspecified atom stereocenters. The first kappa shape index (κ1) is 18.7. The van der Waals surface area contributed by atoms with Crippen molar-refractivity contribution in [2.24, 2.45) is 0 Å². The molecule has 3 aromatic rings. The molecule has 0 saturated heterocycles. The van der Waals surface area contributed by atoms with Crippen molar-refractivity contribution in [1.29, 1.82) is 0 Å². The Balaban J connectivity index is 1.55. The fourth-order valence-corrected chi connectivity index (χ4v) is 3.22. The van der Waals surface area contributed by atoms with Gasteiger partial charge in [-0.05, 0) is 48.9 Å². The van der Waals surface area contributed by atoms with Crippen LogP contribution in [0.2, 0.25) is 5.02 Å². The van der Waals surface area contributed by atoms with E-state index in [9.17, 15) is 4.39 Å². The van der Waals surface area contributed by atoms with Crippen LogP contribution in [0.15, 0.2) is 48.7 Å². The van der Waals surface area contributed by atoms with Gasteiger partial charge in [0.25, 0.3) is 0 Å². The normalized spacial score (nSPS) is 11.4. The molecule has 2 aromatic carbocycles. The minimum Gasteiger partial charge on any atom is -0.493 e. The molecule has 0 aliphatic heterocycles. The molecule has 0 atom stereocenters. The Labute approximate surface area is 158 Å². The second kappa shape index (κ2) is 9.06. The van der Waals surface area contributed by atoms with Gasteiger partial charge >= 0.3 is 0 Å². The van der Waals surface area contributed by atoms with Gasteiger partial charge in [-0.2, -0.15) is 0 Å². The van der Waals surface area contributed by atoms with Gasteiger partial charge in [0.1, 0.15) is 5.75 Å². The number of alkyl halides is 1. The number of aromatic nitrogens is 1. The summed E-state index contributed by atoms with van der Waals surface area (Å²) in [5, 5.41) is 1.97. The third kappa shape index (κ3) is 4.99. The fraction of sp³-hybridized carbons (Fsp3) is 0.333. The van der Waals surface area contributed by atoms with E-state index >= 15 is 0 Å². The van der Waals surface area contributed by atoms with Gasteiger partial charge in [-0.1, -0.05) is 29.8 Å². The number of halogens is 2. The van der Waals surface area contributed by atoms with Crippen molar-refractivity contribution in [3.63, 3.8) is 0 Å². The van der Waals surface area contributed by atoms with E-state index < -0.39 is 0 Å². The lowest BCUT2D eigenvalue weighted by Gasteiger charge is -2.17. The number of hydrogen-bond acceptors (Lipinski definition) is 2. The third-order valence-corrected chi connectivity index (χ3v) is 4.63. The molecule has 0 aliphatic carbocycles. The zero-order valence-electron chi connectivity index (χ0n) is 15.0. The van der Waals surface area contributed by atoms with Crippen LogP contribution in [0, 0.1) is 0 Å². The molecule has 1 heterocycles. The number of ether oxygens (including phenoxy) is 1. The number of rotatable bonds is 9. The fourth-order valence-electron chi connectivity index (χ4n) is 3.05. The van der Waals surface area contributed by atoms with Crippen molar-refractivity contribution in [2.45, 2.75) is 19.4 Å². The maximum Gasteiger partial charge on any atom is 0.119 e. The van der Waals surface area contributed by atoms with Crippen LogP contribution in [-0.4, -0.2) is 36.8 Å². The zero-order valence-corrected chi connectivity index (χ0v) is 15.7. The van der Waals surface area contributed by atoms with Gasteiger partial charge in [0.05, 0.1) is 13.3 Å². The molecule has 138 valence electrons. The predicted molar refractivity (Wildman–Crippen MR) is 106 cm³/mol. The first-order valence-corrected chi connectivity index (χ1v) is 9.25. The highest BCUT2D eigenvalue weighted by Crippen LogP contribution is 2.22. The van der Waals surface area contributed by atoms with E-state index in [0.29, 0.717) is 13.0 Å². The van der Waals surface area contributed by atoms with E-state index in [1.807, 2.05) is 30.3 Å². The van der Waals surface area contributed by atoms with Crippen LogP contribution in [0.4, 0.5) is 4.39 Å². The molecule has 3 rings (SSSR count). The molecule has 3 nitrogen and oxygen atoms in total. The Morgan fingerprint density at radius 1 is 1.19 bits per heavy atom. The molecule has 1 N–H and O–H groups in total. The number of fused-ring (bicyclic) bond motifs is 1. The van der Waals surface area contributed by atoms with Gasteiger partial charge in [0, 0.05) is 41.6 Å². The summed E-state index contributed by atoms with van der Waals surface area (Å²) in [6.45, 7) is 1.86. The molecule has 0 fully saturated rings. The summed E-state index contributed by atoms with van der Waals surface area (Å²) in [7, 11) is 2.11. The topological polar surface area (TPSA) is 28.3 Å². The summed E-state index contributed by atoms with van der Waals surface area (Å²) >= 11 is 6.04. The maximum atomic E-state index is 12.2. The summed E-state index contributed by atoms with van der Waals surface area (Å²) < 4.78 is 17.7. The summed E-state index contributed by atoms with van der Waals surface area (Å²) in [6.07, 6.45) is 3.46. The van der Waals surface area contributed by atoms with Crippen LogP contribution in [0.5, 0.6) is 5.75 Å². The first-order chi connectivity index (χ1) is 12.7. The Hall–Kier alpha value is -2.04. The molecular weight excluding hydrogens is 351 g/mol. The monoisotopic (exact) mass is 374 g/mol. The molecule has 26 heavy (non-hydrogen) atoms. The van der Waals surface area contributed by atoms with Gasteiger partial charge in [-0.3, -0.25) is 4.39 Å². The molecule has 0 amide bonds. The van der Waals surface area contributed by atoms with Crippen molar-refractivity contribution in [3.8, 4) is 5.75 Å². The van der Waals surface area contributed by atoms with E-state index in [4.69, 9.17) is 16.3 Å². The molecule has 0 spiro atoms. The van der Waals surface area contributed by atoms with Crippen LogP contribution >= 0.6 is 11.6 Å². The minimum absolute atomic E-state index is 0.345. The number of nitrogens with zero attached hydrogens (tertiary/aromatic N) is 1. The Morgan fingerprint density at radius 3 is 2.92 bits per heavy atom. The number of aromatic amines is 1. The molecule has 0 radical (unpaired) electrons. The quantitative estimate of drug-likeness (QED) is 0.519. The zero-order chi connectivity index (χ0) is 18.4. The van der Waals surface area contributed by atoms with Gasteiger partial charge in [0.2, 0.25) is 0 Å². The standard InChI is InChI=1S/C21H24ClFN2O/c1-25(15-16-4-2-5-19(12-16)26-11-3-9-23)10-8-17-14-24-21-13-18(22)6-7-20(17)21/h2,4-7,12-14,24H,3,8-11,15H2,1H3. The number of likely N-dealkylation sites (N-methyl/N-ethyl adjacent to an activating group) is 1. The van der Waals surface area contributed by atoms with Gasteiger partial charge < -0.3 is 14.6 Å². The van der Waals surface area contributed by atoms with Gasteiger partial charge in [0.15, 0.2) is 0 Å². The summed E-state index contributed by atoms with van der Waals surface area (Å²) in [5.74, 6) is 0.804. The van der Waals surface area contributed by atoms with E-state index in [0.717, 1.165) is 35.8 Å². The summed E-state index contributed by atoms with van der Waals surface area (Å²) in [6, 6.07) is 14.0. The van der Waals surface area contributed by atoms with Crippen molar-refractivity contribution in [2.75, 3.05) is 26.9 Å². The molecular formula is C21H24ClFN2O. The smallest absolute Gasteiger partial charge is 0.119 e. The Kier molecular flexibility index (Phi) is 6.53. The highest BCUT2D eigenvalue weighted by molar-refractivity contribution is 6.31. The van der Waals surface area contributed by atoms with Gasteiger partial charge in [-0.25, -0.2) is 0 Å². The van der Waals surface area contributed by atoms with Crippen LogP contribution in [0.25, 0.3) is 10.9 Å². The van der Waals surface area contributed by atoms with E-state index in [1.165, 1.54) is 16.5 Å².